The number of hydrogen-bond donors (Lipinski definition) is 1. The van der Waals surface area contributed by atoms with Gasteiger partial charge in [-0.2, -0.15) is 5.10 Å². The minimum absolute atomic E-state index is 0.110. The highest BCUT2D eigenvalue weighted by molar-refractivity contribution is 5.92. The second-order valence-electron chi connectivity index (χ2n) is 4.31. The summed E-state index contributed by atoms with van der Waals surface area (Å²) in [6.45, 7) is 3.27. The maximum Gasteiger partial charge on any atom is 0.310 e. The number of aromatic amines is 1. The number of carbonyl (C=O) groups is 2. The molecule has 0 spiro atoms. The molecule has 1 amide bonds. The van der Waals surface area contributed by atoms with Crippen molar-refractivity contribution in [3.8, 4) is 0 Å². The molecule has 18 heavy (non-hydrogen) atoms. The van der Waals surface area contributed by atoms with E-state index in [1.165, 1.54) is 0 Å². The Morgan fingerprint density at radius 2 is 2.44 bits per heavy atom. The quantitative estimate of drug-likeness (QED) is 0.807. The van der Waals surface area contributed by atoms with Gasteiger partial charge in [0.15, 0.2) is 0 Å². The van der Waals surface area contributed by atoms with E-state index in [1.807, 2.05) is 0 Å². The molecular weight excluding hydrogens is 234 g/mol. The number of amides is 1. The number of nitrogens with zero attached hydrogens (tertiary/aromatic N) is 2. The SMILES string of the molecule is CCOC(=O)[C@@H]1CCCN(C(=O)c2ccn[nH]2)C1. The Hall–Kier alpha value is -1.85. The summed E-state index contributed by atoms with van der Waals surface area (Å²) in [6, 6.07) is 1.64. The Kier molecular flexibility index (Phi) is 3.96. The number of carbonyl (C=O) groups excluding carboxylic acids is 2. The van der Waals surface area contributed by atoms with Crippen LogP contribution in [0, 0.1) is 5.92 Å². The first-order valence-corrected chi connectivity index (χ1v) is 6.17. The highest BCUT2D eigenvalue weighted by atomic mass is 16.5. The van der Waals surface area contributed by atoms with Crippen LogP contribution in [-0.4, -0.2) is 46.7 Å². The van der Waals surface area contributed by atoms with Crippen LogP contribution in [0.2, 0.25) is 0 Å². The smallest absolute Gasteiger partial charge is 0.310 e. The van der Waals surface area contributed by atoms with Gasteiger partial charge in [-0.25, -0.2) is 0 Å². The van der Waals surface area contributed by atoms with Gasteiger partial charge in [0.25, 0.3) is 5.91 Å². The van der Waals surface area contributed by atoms with Gasteiger partial charge in [0, 0.05) is 19.3 Å². The Labute approximate surface area is 105 Å². The number of ether oxygens (including phenoxy) is 1. The summed E-state index contributed by atoms with van der Waals surface area (Å²) in [6.07, 6.45) is 3.15. The fraction of sp³-hybridized carbons (Fsp3) is 0.583. The van der Waals surface area contributed by atoms with E-state index >= 15 is 0 Å². The molecule has 1 saturated heterocycles. The maximum atomic E-state index is 12.1. The molecule has 0 aliphatic carbocycles. The van der Waals surface area contributed by atoms with Crippen molar-refractivity contribution in [1.82, 2.24) is 15.1 Å². The zero-order valence-corrected chi connectivity index (χ0v) is 10.4. The van der Waals surface area contributed by atoms with Crippen LogP contribution >= 0.6 is 0 Å². The molecule has 0 saturated carbocycles. The lowest BCUT2D eigenvalue weighted by Crippen LogP contribution is -2.43. The van der Waals surface area contributed by atoms with Crippen LogP contribution in [0.1, 0.15) is 30.3 Å². The first-order valence-electron chi connectivity index (χ1n) is 6.17. The molecule has 0 bridgehead atoms. The summed E-state index contributed by atoms with van der Waals surface area (Å²) in [5, 5.41) is 6.40. The third-order valence-corrected chi connectivity index (χ3v) is 3.06. The molecule has 6 heteroatoms. The number of piperidine rings is 1. The molecule has 2 heterocycles. The molecule has 1 aromatic heterocycles. The molecule has 0 unspecified atom stereocenters. The van der Waals surface area contributed by atoms with Crippen LogP contribution in [0.3, 0.4) is 0 Å². The second-order valence-corrected chi connectivity index (χ2v) is 4.31. The van der Waals surface area contributed by atoms with Gasteiger partial charge in [0.05, 0.1) is 12.5 Å². The van der Waals surface area contributed by atoms with E-state index in [9.17, 15) is 9.59 Å². The standard InChI is InChI=1S/C12H17N3O3/c1-2-18-12(17)9-4-3-7-15(8-9)11(16)10-5-6-13-14-10/h5-6,9H,2-4,7-8H2,1H3,(H,13,14)/t9-/m1/s1. The van der Waals surface area contributed by atoms with Crippen molar-refractivity contribution in [3.63, 3.8) is 0 Å². The second kappa shape index (κ2) is 5.66. The highest BCUT2D eigenvalue weighted by Gasteiger charge is 2.30. The summed E-state index contributed by atoms with van der Waals surface area (Å²) in [5.41, 5.74) is 0.458. The highest BCUT2D eigenvalue weighted by Crippen LogP contribution is 2.19. The molecule has 0 aromatic carbocycles. The van der Waals surface area contributed by atoms with Crippen LogP contribution in [0.25, 0.3) is 0 Å². The zero-order chi connectivity index (χ0) is 13.0. The summed E-state index contributed by atoms with van der Waals surface area (Å²) >= 11 is 0. The van der Waals surface area contributed by atoms with Gasteiger partial charge in [-0.15, -0.1) is 0 Å². The monoisotopic (exact) mass is 251 g/mol. The number of nitrogens with one attached hydrogen (secondary N) is 1. The molecule has 6 nitrogen and oxygen atoms in total. The van der Waals surface area contributed by atoms with E-state index in [2.05, 4.69) is 10.2 Å². The lowest BCUT2D eigenvalue weighted by atomic mass is 9.98. The molecule has 98 valence electrons. The summed E-state index contributed by atoms with van der Waals surface area (Å²) in [4.78, 5) is 25.4. The van der Waals surface area contributed by atoms with Crippen molar-refractivity contribution in [2.45, 2.75) is 19.8 Å². The van der Waals surface area contributed by atoms with E-state index in [-0.39, 0.29) is 17.8 Å². The van der Waals surface area contributed by atoms with Gasteiger partial charge >= 0.3 is 5.97 Å². The predicted molar refractivity (Wildman–Crippen MR) is 63.8 cm³/mol. The molecule has 1 fully saturated rings. The summed E-state index contributed by atoms with van der Waals surface area (Å²) < 4.78 is 5.00. The Morgan fingerprint density at radius 1 is 1.61 bits per heavy atom. The Bertz CT molecular complexity index is 416. The zero-order valence-electron chi connectivity index (χ0n) is 10.4. The minimum atomic E-state index is -0.209. The normalized spacial score (nSPS) is 19.6. The van der Waals surface area contributed by atoms with Crippen molar-refractivity contribution in [2.24, 2.45) is 5.92 Å². The number of esters is 1. The lowest BCUT2D eigenvalue weighted by molar-refractivity contribution is -0.149. The van der Waals surface area contributed by atoms with Gasteiger partial charge in [0.2, 0.25) is 0 Å². The number of rotatable bonds is 3. The van der Waals surface area contributed by atoms with Crippen molar-refractivity contribution < 1.29 is 14.3 Å². The van der Waals surface area contributed by atoms with Gasteiger partial charge < -0.3 is 9.64 Å². The first kappa shape index (κ1) is 12.6. The fourth-order valence-corrected chi connectivity index (χ4v) is 2.16. The average Bonchev–Trinajstić information content (AvgIpc) is 2.92. The Balaban J connectivity index is 1.98. The van der Waals surface area contributed by atoms with Crippen LogP contribution < -0.4 is 0 Å². The summed E-state index contributed by atoms with van der Waals surface area (Å²) in [5.74, 6) is -0.522. The molecular formula is C12H17N3O3. The molecule has 1 aliphatic heterocycles. The number of H-pyrrole nitrogens is 1. The molecule has 1 aromatic rings. The van der Waals surface area contributed by atoms with E-state index in [1.54, 1.807) is 24.1 Å². The van der Waals surface area contributed by atoms with Gasteiger partial charge in [-0.05, 0) is 25.8 Å². The van der Waals surface area contributed by atoms with Gasteiger partial charge in [-0.3, -0.25) is 14.7 Å². The van der Waals surface area contributed by atoms with E-state index in [4.69, 9.17) is 4.74 Å². The van der Waals surface area contributed by atoms with E-state index in [0.29, 0.717) is 25.4 Å². The average molecular weight is 251 g/mol. The molecule has 2 rings (SSSR count). The van der Waals surface area contributed by atoms with Crippen LogP contribution in [0.4, 0.5) is 0 Å². The number of aromatic nitrogens is 2. The maximum absolute atomic E-state index is 12.1. The third kappa shape index (κ3) is 2.69. The number of likely N-dealkylation sites (tertiary alicyclic amines) is 1. The topological polar surface area (TPSA) is 75.3 Å². The predicted octanol–water partition coefficient (Wildman–Crippen LogP) is 0.825. The van der Waals surface area contributed by atoms with Crippen LogP contribution in [0.5, 0.6) is 0 Å². The third-order valence-electron chi connectivity index (χ3n) is 3.06. The van der Waals surface area contributed by atoms with Crippen molar-refractivity contribution in [3.05, 3.63) is 18.0 Å². The van der Waals surface area contributed by atoms with E-state index < -0.39 is 0 Å². The van der Waals surface area contributed by atoms with Gasteiger partial charge in [-0.1, -0.05) is 0 Å². The van der Waals surface area contributed by atoms with Crippen molar-refractivity contribution >= 4 is 11.9 Å². The lowest BCUT2D eigenvalue weighted by Gasteiger charge is -2.31. The summed E-state index contributed by atoms with van der Waals surface area (Å²) in [7, 11) is 0. The molecule has 0 radical (unpaired) electrons. The molecule has 1 aliphatic rings. The largest absolute Gasteiger partial charge is 0.466 e. The first-order chi connectivity index (χ1) is 8.72. The fourth-order valence-electron chi connectivity index (χ4n) is 2.16. The van der Waals surface area contributed by atoms with Gasteiger partial charge in [0.1, 0.15) is 5.69 Å². The molecule has 1 atom stereocenters. The number of hydrogen-bond acceptors (Lipinski definition) is 4. The minimum Gasteiger partial charge on any atom is -0.466 e. The van der Waals surface area contributed by atoms with E-state index in [0.717, 1.165) is 12.8 Å². The van der Waals surface area contributed by atoms with Crippen LogP contribution in [-0.2, 0) is 9.53 Å². The Morgan fingerprint density at radius 3 is 3.11 bits per heavy atom. The van der Waals surface area contributed by atoms with Crippen molar-refractivity contribution in [1.29, 1.82) is 0 Å². The van der Waals surface area contributed by atoms with Crippen molar-refractivity contribution in [2.75, 3.05) is 19.7 Å². The molecule has 1 N–H and O–H groups in total. The van der Waals surface area contributed by atoms with Crippen LogP contribution in [0.15, 0.2) is 12.3 Å².